The van der Waals surface area contributed by atoms with Crippen molar-refractivity contribution in [3.8, 4) is 17.2 Å². The SMILES string of the molecule is COc1cc(OC)cc(C(=O)Nc2ccc(O)c(C(=O)N3CCC(c4nncn4C)CC3)c2)c1. The largest absolute Gasteiger partial charge is 0.507 e. The van der Waals surface area contributed by atoms with Crippen molar-refractivity contribution < 1.29 is 24.2 Å². The number of hydrogen-bond acceptors (Lipinski definition) is 7. The standard InChI is InChI=1S/C24H27N5O5/c1-28-14-25-27-22(28)15-6-8-29(9-7-15)24(32)20-12-17(4-5-21(20)30)26-23(31)16-10-18(33-2)13-19(11-16)34-3/h4-5,10-15,30H,6-9H2,1-3H3,(H,26,31). The number of aromatic nitrogens is 3. The molecule has 1 aromatic heterocycles. The molecule has 0 aliphatic carbocycles. The maximum absolute atomic E-state index is 13.1. The van der Waals surface area contributed by atoms with Crippen LogP contribution in [0.5, 0.6) is 17.2 Å². The molecule has 0 radical (unpaired) electrons. The van der Waals surface area contributed by atoms with Crippen molar-refractivity contribution in [3.05, 3.63) is 59.7 Å². The van der Waals surface area contributed by atoms with Crippen LogP contribution < -0.4 is 14.8 Å². The summed E-state index contributed by atoms with van der Waals surface area (Å²) in [5.74, 6) is 1.29. The fourth-order valence-corrected chi connectivity index (χ4v) is 4.10. The summed E-state index contributed by atoms with van der Waals surface area (Å²) in [6, 6.07) is 9.28. The number of rotatable bonds is 6. The second-order valence-corrected chi connectivity index (χ2v) is 8.15. The number of nitrogens with zero attached hydrogens (tertiary/aromatic N) is 4. The Kier molecular flexibility index (Phi) is 6.67. The van der Waals surface area contributed by atoms with E-state index in [2.05, 4.69) is 15.5 Å². The van der Waals surface area contributed by atoms with Crippen molar-refractivity contribution >= 4 is 17.5 Å². The third-order valence-corrected chi connectivity index (χ3v) is 5.99. The molecule has 2 N–H and O–H groups in total. The predicted molar refractivity (Wildman–Crippen MR) is 124 cm³/mol. The van der Waals surface area contributed by atoms with E-state index in [1.807, 2.05) is 11.6 Å². The Labute approximate surface area is 197 Å². The molecule has 10 nitrogen and oxygen atoms in total. The lowest BCUT2D eigenvalue weighted by Gasteiger charge is -2.31. The van der Waals surface area contributed by atoms with Gasteiger partial charge in [-0.2, -0.15) is 0 Å². The van der Waals surface area contributed by atoms with Gasteiger partial charge in [-0.1, -0.05) is 0 Å². The van der Waals surface area contributed by atoms with Gasteiger partial charge in [-0.25, -0.2) is 0 Å². The first-order valence-corrected chi connectivity index (χ1v) is 10.9. The molecule has 10 heteroatoms. The molecule has 2 heterocycles. The molecule has 0 bridgehead atoms. The summed E-state index contributed by atoms with van der Waals surface area (Å²) in [4.78, 5) is 27.7. The number of aryl methyl sites for hydroxylation is 1. The maximum atomic E-state index is 13.1. The van der Waals surface area contributed by atoms with Gasteiger partial charge in [0.1, 0.15) is 29.4 Å². The molecule has 1 saturated heterocycles. The van der Waals surface area contributed by atoms with Crippen molar-refractivity contribution in [2.45, 2.75) is 18.8 Å². The normalized spacial score (nSPS) is 14.0. The van der Waals surface area contributed by atoms with Crippen LogP contribution in [0.3, 0.4) is 0 Å². The molecular formula is C24H27N5O5. The van der Waals surface area contributed by atoms with E-state index in [9.17, 15) is 14.7 Å². The van der Waals surface area contributed by atoms with Crippen LogP contribution >= 0.6 is 0 Å². The topological polar surface area (TPSA) is 119 Å². The average Bonchev–Trinajstić information content (AvgIpc) is 3.30. The molecule has 1 aliphatic rings. The van der Waals surface area contributed by atoms with Crippen molar-refractivity contribution in [2.75, 3.05) is 32.6 Å². The fourth-order valence-electron chi connectivity index (χ4n) is 4.10. The highest BCUT2D eigenvalue weighted by molar-refractivity contribution is 6.06. The van der Waals surface area contributed by atoms with Gasteiger partial charge in [0.15, 0.2) is 0 Å². The molecular weight excluding hydrogens is 438 g/mol. The Balaban J connectivity index is 1.46. The molecule has 2 amide bonds. The summed E-state index contributed by atoms with van der Waals surface area (Å²) >= 11 is 0. The van der Waals surface area contributed by atoms with E-state index in [4.69, 9.17) is 9.47 Å². The zero-order chi connectivity index (χ0) is 24.2. The summed E-state index contributed by atoms with van der Waals surface area (Å²) in [6.45, 7) is 1.08. The molecule has 178 valence electrons. The lowest BCUT2D eigenvalue weighted by molar-refractivity contribution is 0.0707. The number of aromatic hydroxyl groups is 1. The first-order chi connectivity index (χ1) is 16.4. The Bertz CT molecular complexity index is 1180. The van der Waals surface area contributed by atoms with Gasteiger partial charge in [0.05, 0.1) is 19.8 Å². The van der Waals surface area contributed by atoms with E-state index in [1.54, 1.807) is 35.5 Å². The Morgan fingerprint density at radius 1 is 1.06 bits per heavy atom. The molecule has 0 unspecified atom stereocenters. The third-order valence-electron chi connectivity index (χ3n) is 5.99. The Morgan fingerprint density at radius 3 is 2.32 bits per heavy atom. The van der Waals surface area contributed by atoms with Crippen LogP contribution in [0, 0.1) is 0 Å². The third kappa shape index (κ3) is 4.80. The highest BCUT2D eigenvalue weighted by Gasteiger charge is 2.28. The molecule has 0 atom stereocenters. The molecule has 0 saturated carbocycles. The summed E-state index contributed by atoms with van der Waals surface area (Å²) in [7, 11) is 4.92. The Morgan fingerprint density at radius 2 is 1.74 bits per heavy atom. The maximum Gasteiger partial charge on any atom is 0.257 e. The Hall–Kier alpha value is -4.08. The van der Waals surface area contributed by atoms with Gasteiger partial charge >= 0.3 is 0 Å². The van der Waals surface area contributed by atoms with Gasteiger partial charge in [-0.05, 0) is 43.2 Å². The van der Waals surface area contributed by atoms with E-state index >= 15 is 0 Å². The number of amides is 2. The van der Waals surface area contributed by atoms with Crippen LogP contribution in [-0.2, 0) is 7.05 Å². The predicted octanol–water partition coefficient (Wildman–Crippen LogP) is 2.81. The van der Waals surface area contributed by atoms with Gasteiger partial charge in [0.25, 0.3) is 11.8 Å². The number of benzene rings is 2. The van der Waals surface area contributed by atoms with Crippen LogP contribution in [0.1, 0.15) is 45.3 Å². The number of anilines is 1. The zero-order valence-electron chi connectivity index (χ0n) is 19.3. The minimum atomic E-state index is -0.397. The van der Waals surface area contributed by atoms with E-state index in [0.717, 1.165) is 18.7 Å². The van der Waals surface area contributed by atoms with Gasteiger partial charge in [0.2, 0.25) is 0 Å². The minimum absolute atomic E-state index is 0.137. The first-order valence-electron chi connectivity index (χ1n) is 10.9. The lowest BCUT2D eigenvalue weighted by atomic mass is 9.95. The first kappa shape index (κ1) is 23.1. The number of carbonyl (C=O) groups is 2. The highest BCUT2D eigenvalue weighted by atomic mass is 16.5. The van der Waals surface area contributed by atoms with Gasteiger partial charge in [-0.15, -0.1) is 10.2 Å². The quantitative estimate of drug-likeness (QED) is 0.537. The zero-order valence-corrected chi connectivity index (χ0v) is 19.3. The van der Waals surface area contributed by atoms with Crippen molar-refractivity contribution in [1.29, 1.82) is 0 Å². The molecule has 4 rings (SSSR count). The minimum Gasteiger partial charge on any atom is -0.507 e. The van der Waals surface area contributed by atoms with Crippen LogP contribution in [0.15, 0.2) is 42.7 Å². The number of hydrogen-bond donors (Lipinski definition) is 2. The van der Waals surface area contributed by atoms with Crippen LogP contribution in [0.25, 0.3) is 0 Å². The average molecular weight is 466 g/mol. The monoisotopic (exact) mass is 465 g/mol. The fraction of sp³-hybridized carbons (Fsp3) is 0.333. The van der Waals surface area contributed by atoms with Gasteiger partial charge in [0, 0.05) is 43.4 Å². The summed E-state index contributed by atoms with van der Waals surface area (Å²) < 4.78 is 12.3. The van der Waals surface area contributed by atoms with E-state index in [1.165, 1.54) is 26.4 Å². The van der Waals surface area contributed by atoms with Gasteiger partial charge in [-0.3, -0.25) is 9.59 Å². The highest BCUT2D eigenvalue weighted by Crippen LogP contribution is 2.30. The summed E-state index contributed by atoms with van der Waals surface area (Å²) in [5.41, 5.74) is 0.864. The number of phenolic OH excluding ortho intramolecular Hbond substituents is 1. The molecule has 3 aromatic rings. The second-order valence-electron chi connectivity index (χ2n) is 8.15. The lowest BCUT2D eigenvalue weighted by Crippen LogP contribution is -2.38. The molecule has 0 spiro atoms. The number of phenols is 1. The summed E-state index contributed by atoms with van der Waals surface area (Å²) in [5, 5.41) is 21.2. The van der Waals surface area contributed by atoms with Crippen LogP contribution in [0.2, 0.25) is 0 Å². The van der Waals surface area contributed by atoms with Crippen molar-refractivity contribution in [1.82, 2.24) is 19.7 Å². The number of carbonyl (C=O) groups excluding carboxylic acids is 2. The smallest absolute Gasteiger partial charge is 0.257 e. The van der Waals surface area contributed by atoms with Crippen molar-refractivity contribution in [3.63, 3.8) is 0 Å². The van der Waals surface area contributed by atoms with Gasteiger partial charge < -0.3 is 29.4 Å². The molecule has 2 aromatic carbocycles. The molecule has 1 fully saturated rings. The van der Waals surface area contributed by atoms with E-state index < -0.39 is 5.91 Å². The number of ether oxygens (including phenoxy) is 2. The van der Waals surface area contributed by atoms with E-state index in [-0.39, 0.29) is 23.1 Å². The van der Waals surface area contributed by atoms with Crippen LogP contribution in [-0.4, -0.2) is 63.9 Å². The summed E-state index contributed by atoms with van der Waals surface area (Å²) in [6.07, 6.45) is 3.19. The van der Waals surface area contributed by atoms with Crippen molar-refractivity contribution in [2.24, 2.45) is 7.05 Å². The number of methoxy groups -OCH3 is 2. The number of likely N-dealkylation sites (tertiary alicyclic amines) is 1. The number of piperidine rings is 1. The molecule has 34 heavy (non-hydrogen) atoms. The number of nitrogens with one attached hydrogen (secondary N) is 1. The van der Waals surface area contributed by atoms with Crippen LogP contribution in [0.4, 0.5) is 5.69 Å². The van der Waals surface area contributed by atoms with E-state index in [0.29, 0.717) is 35.8 Å². The second kappa shape index (κ2) is 9.82. The molecule has 1 aliphatic heterocycles.